The number of nitrogens with zero attached hydrogens (tertiary/aromatic N) is 1. The van der Waals surface area contributed by atoms with Gasteiger partial charge in [0, 0.05) is 27.4 Å². The lowest BCUT2D eigenvalue weighted by molar-refractivity contribution is 1.34. The Morgan fingerprint density at radius 1 is 1.07 bits per heavy atom. The molecule has 0 aliphatic heterocycles. The van der Waals surface area contributed by atoms with Gasteiger partial charge in [-0.15, -0.1) is 0 Å². The Labute approximate surface area is 97.7 Å². The van der Waals surface area contributed by atoms with Crippen molar-refractivity contribution in [1.82, 2.24) is 4.98 Å². The van der Waals surface area contributed by atoms with Crippen LogP contribution in [0.3, 0.4) is 0 Å². The number of halogens is 2. The highest BCUT2D eigenvalue weighted by Crippen LogP contribution is 2.30. The minimum absolute atomic E-state index is 0.483. The molecule has 0 fully saturated rings. The minimum atomic E-state index is 0.483. The molecule has 2 aromatic rings. The van der Waals surface area contributed by atoms with Gasteiger partial charge in [0.15, 0.2) is 0 Å². The third-order valence-electron chi connectivity index (χ3n) is 2.03. The van der Waals surface area contributed by atoms with E-state index in [1.54, 1.807) is 30.5 Å². The molecule has 15 heavy (non-hydrogen) atoms. The molecular formula is C11H8Cl2N2. The van der Waals surface area contributed by atoms with Crippen LogP contribution in [0, 0.1) is 0 Å². The number of rotatable bonds is 1. The molecule has 0 aliphatic rings. The van der Waals surface area contributed by atoms with Crippen molar-refractivity contribution in [2.75, 3.05) is 5.73 Å². The molecule has 0 saturated heterocycles. The van der Waals surface area contributed by atoms with Gasteiger partial charge < -0.3 is 5.73 Å². The first-order chi connectivity index (χ1) is 7.16. The smallest absolute Gasteiger partial charge is 0.123 e. The fourth-order valence-corrected chi connectivity index (χ4v) is 1.68. The second kappa shape index (κ2) is 4.09. The van der Waals surface area contributed by atoms with Crippen LogP contribution >= 0.6 is 23.2 Å². The van der Waals surface area contributed by atoms with Gasteiger partial charge in [0.05, 0.1) is 0 Å². The molecule has 2 N–H and O–H groups in total. The summed E-state index contributed by atoms with van der Waals surface area (Å²) in [6.07, 6.45) is 1.67. The van der Waals surface area contributed by atoms with Gasteiger partial charge in [-0.3, -0.25) is 0 Å². The van der Waals surface area contributed by atoms with Gasteiger partial charge in [-0.05, 0) is 30.3 Å². The third-order valence-corrected chi connectivity index (χ3v) is 2.59. The van der Waals surface area contributed by atoms with Crippen molar-refractivity contribution in [3.8, 4) is 11.1 Å². The Hall–Kier alpha value is -1.25. The summed E-state index contributed by atoms with van der Waals surface area (Å²) in [4.78, 5) is 4.00. The van der Waals surface area contributed by atoms with Crippen molar-refractivity contribution in [2.45, 2.75) is 0 Å². The molecule has 0 saturated carbocycles. The highest BCUT2D eigenvalue weighted by Gasteiger charge is 2.04. The lowest BCUT2D eigenvalue weighted by Gasteiger charge is -2.04. The topological polar surface area (TPSA) is 38.9 Å². The number of benzene rings is 1. The predicted molar refractivity (Wildman–Crippen MR) is 64.1 cm³/mol. The number of hydrogen-bond acceptors (Lipinski definition) is 2. The second-order valence-electron chi connectivity index (χ2n) is 3.10. The van der Waals surface area contributed by atoms with Crippen molar-refractivity contribution in [2.24, 2.45) is 0 Å². The van der Waals surface area contributed by atoms with E-state index in [4.69, 9.17) is 28.9 Å². The maximum Gasteiger partial charge on any atom is 0.123 e. The molecule has 0 atom stereocenters. The van der Waals surface area contributed by atoms with Gasteiger partial charge in [0.2, 0.25) is 0 Å². The number of anilines is 1. The van der Waals surface area contributed by atoms with Crippen molar-refractivity contribution < 1.29 is 0 Å². The molecule has 1 aromatic heterocycles. The van der Waals surface area contributed by atoms with Gasteiger partial charge >= 0.3 is 0 Å². The molecule has 2 rings (SSSR count). The molecule has 0 radical (unpaired) electrons. The number of pyridine rings is 1. The number of nitrogen functional groups attached to an aromatic ring is 1. The van der Waals surface area contributed by atoms with Crippen molar-refractivity contribution >= 4 is 29.0 Å². The normalized spacial score (nSPS) is 10.3. The summed E-state index contributed by atoms with van der Waals surface area (Å²) in [6.45, 7) is 0. The van der Waals surface area contributed by atoms with Crippen LogP contribution < -0.4 is 5.73 Å². The molecular weight excluding hydrogens is 231 g/mol. The van der Waals surface area contributed by atoms with Gasteiger partial charge in [-0.2, -0.15) is 0 Å². The first kappa shape index (κ1) is 10.3. The van der Waals surface area contributed by atoms with Gasteiger partial charge in [-0.1, -0.05) is 23.2 Å². The molecule has 0 aliphatic carbocycles. The van der Waals surface area contributed by atoms with E-state index >= 15 is 0 Å². The average molecular weight is 239 g/mol. The average Bonchev–Trinajstić information content (AvgIpc) is 2.23. The van der Waals surface area contributed by atoms with Gasteiger partial charge in [-0.25, -0.2) is 4.98 Å². The molecule has 0 spiro atoms. The van der Waals surface area contributed by atoms with E-state index < -0.39 is 0 Å². The molecule has 1 aromatic carbocycles. The lowest BCUT2D eigenvalue weighted by atomic mass is 10.1. The van der Waals surface area contributed by atoms with Crippen LogP contribution in [-0.4, -0.2) is 4.98 Å². The number of aromatic nitrogens is 1. The standard InChI is InChI=1S/C11H8Cl2N2/c12-8-2-3-10(13)9(5-8)7-1-4-11(14)15-6-7/h1-6H,(H2,14,15). The molecule has 1 heterocycles. The maximum absolute atomic E-state index is 6.05. The SMILES string of the molecule is Nc1ccc(-c2cc(Cl)ccc2Cl)cn1. The van der Waals surface area contributed by atoms with E-state index in [2.05, 4.69) is 4.98 Å². The van der Waals surface area contributed by atoms with Crippen LogP contribution in [0.25, 0.3) is 11.1 Å². The molecule has 76 valence electrons. The Bertz CT molecular complexity index is 480. The first-order valence-corrected chi connectivity index (χ1v) is 5.09. The molecule has 0 bridgehead atoms. The summed E-state index contributed by atoms with van der Waals surface area (Å²) in [5.74, 6) is 0.483. The van der Waals surface area contributed by atoms with E-state index in [-0.39, 0.29) is 0 Å². The fraction of sp³-hybridized carbons (Fsp3) is 0. The highest BCUT2D eigenvalue weighted by atomic mass is 35.5. The first-order valence-electron chi connectivity index (χ1n) is 4.34. The second-order valence-corrected chi connectivity index (χ2v) is 3.94. The zero-order chi connectivity index (χ0) is 10.8. The monoisotopic (exact) mass is 238 g/mol. The Morgan fingerprint density at radius 3 is 2.53 bits per heavy atom. The molecule has 2 nitrogen and oxygen atoms in total. The van der Waals surface area contributed by atoms with Crippen LogP contribution in [0.1, 0.15) is 0 Å². The van der Waals surface area contributed by atoms with E-state index in [0.717, 1.165) is 11.1 Å². The van der Waals surface area contributed by atoms with Gasteiger partial charge in [0.25, 0.3) is 0 Å². The summed E-state index contributed by atoms with van der Waals surface area (Å²) in [5, 5.41) is 1.29. The van der Waals surface area contributed by atoms with Crippen LogP contribution in [0.5, 0.6) is 0 Å². The third kappa shape index (κ3) is 2.22. The van der Waals surface area contributed by atoms with Crippen molar-refractivity contribution in [3.05, 3.63) is 46.6 Å². The number of nitrogens with two attached hydrogens (primary N) is 1. The largest absolute Gasteiger partial charge is 0.384 e. The van der Waals surface area contributed by atoms with Crippen LogP contribution in [0.2, 0.25) is 10.0 Å². The molecule has 0 amide bonds. The summed E-state index contributed by atoms with van der Waals surface area (Å²) in [7, 11) is 0. The van der Waals surface area contributed by atoms with E-state index in [1.165, 1.54) is 0 Å². The zero-order valence-corrected chi connectivity index (χ0v) is 9.26. The highest BCUT2D eigenvalue weighted by molar-refractivity contribution is 6.35. The van der Waals surface area contributed by atoms with E-state index in [1.807, 2.05) is 6.07 Å². The molecule has 4 heteroatoms. The summed E-state index contributed by atoms with van der Waals surface area (Å²) in [5.41, 5.74) is 7.26. The molecule has 0 unspecified atom stereocenters. The Morgan fingerprint density at radius 2 is 1.87 bits per heavy atom. The van der Waals surface area contributed by atoms with Crippen LogP contribution in [0.15, 0.2) is 36.5 Å². The predicted octanol–water partition coefficient (Wildman–Crippen LogP) is 3.64. The fourth-order valence-electron chi connectivity index (χ4n) is 1.28. The quantitative estimate of drug-likeness (QED) is 0.825. The van der Waals surface area contributed by atoms with E-state index in [9.17, 15) is 0 Å². The summed E-state index contributed by atoms with van der Waals surface area (Å²) < 4.78 is 0. The summed E-state index contributed by atoms with van der Waals surface area (Å²) in [6, 6.07) is 8.90. The maximum atomic E-state index is 6.05. The zero-order valence-electron chi connectivity index (χ0n) is 7.74. The Balaban J connectivity index is 2.53. The van der Waals surface area contributed by atoms with Crippen molar-refractivity contribution in [1.29, 1.82) is 0 Å². The van der Waals surface area contributed by atoms with Crippen LogP contribution in [0.4, 0.5) is 5.82 Å². The van der Waals surface area contributed by atoms with Crippen molar-refractivity contribution in [3.63, 3.8) is 0 Å². The number of hydrogen-bond donors (Lipinski definition) is 1. The lowest BCUT2D eigenvalue weighted by Crippen LogP contribution is -1.89. The van der Waals surface area contributed by atoms with E-state index in [0.29, 0.717) is 15.9 Å². The minimum Gasteiger partial charge on any atom is -0.384 e. The van der Waals surface area contributed by atoms with Crippen LogP contribution in [-0.2, 0) is 0 Å². The Kier molecular flexibility index (Phi) is 2.80. The van der Waals surface area contributed by atoms with Gasteiger partial charge in [0.1, 0.15) is 5.82 Å². The summed E-state index contributed by atoms with van der Waals surface area (Å²) >= 11 is 11.9.